The fraction of sp³-hybridized carbons (Fsp3) is 0.423. The van der Waals surface area contributed by atoms with Crippen LogP contribution in [0.4, 0.5) is 21.2 Å². The van der Waals surface area contributed by atoms with Crippen molar-refractivity contribution in [2.24, 2.45) is 0 Å². The summed E-state index contributed by atoms with van der Waals surface area (Å²) in [6.45, 7) is 12.1. The van der Waals surface area contributed by atoms with Gasteiger partial charge in [0.25, 0.3) is 0 Å². The highest BCUT2D eigenvalue weighted by Gasteiger charge is 2.21. The molecule has 9 heteroatoms. The minimum atomic E-state index is -0.412. The largest absolute Gasteiger partial charge is 0.421 e. The molecule has 3 aromatic rings. The predicted molar refractivity (Wildman–Crippen MR) is 140 cm³/mol. The number of rotatable bonds is 5. The summed E-state index contributed by atoms with van der Waals surface area (Å²) >= 11 is 1.59. The van der Waals surface area contributed by atoms with Crippen LogP contribution in [0.25, 0.3) is 6.08 Å². The van der Waals surface area contributed by atoms with Crippen molar-refractivity contribution in [2.75, 3.05) is 43.4 Å². The number of ether oxygens (including phenoxy) is 1. The quantitative estimate of drug-likeness (QED) is 0.494. The number of fused-ring (bicyclic) bond motifs is 1. The molecule has 35 heavy (non-hydrogen) atoms. The van der Waals surface area contributed by atoms with Gasteiger partial charge in [-0.25, -0.2) is 9.37 Å². The highest BCUT2D eigenvalue weighted by molar-refractivity contribution is 7.15. The molecule has 0 unspecified atom stereocenters. The maximum Gasteiger partial charge on any atom is 0.326 e. The fourth-order valence-corrected chi connectivity index (χ4v) is 5.08. The zero-order chi connectivity index (χ0) is 24.7. The van der Waals surface area contributed by atoms with E-state index in [-0.39, 0.29) is 17.2 Å². The topological polar surface area (TPSA) is 66.4 Å². The summed E-state index contributed by atoms with van der Waals surface area (Å²) in [5.74, 6) is 1.02. The number of hydrogen-bond donors (Lipinski definition) is 1. The van der Waals surface area contributed by atoms with Crippen LogP contribution < -0.4 is 15.0 Å². The lowest BCUT2D eigenvalue weighted by Gasteiger charge is -2.33. The average Bonchev–Trinajstić information content (AvgIpc) is 3.40. The number of anilines is 3. The van der Waals surface area contributed by atoms with Crippen LogP contribution in [0.15, 0.2) is 30.0 Å². The molecule has 1 aliphatic carbocycles. The van der Waals surface area contributed by atoms with E-state index in [0.29, 0.717) is 5.82 Å². The highest BCUT2D eigenvalue weighted by atomic mass is 32.1. The zero-order valence-corrected chi connectivity index (χ0v) is 21.7. The molecule has 0 amide bonds. The van der Waals surface area contributed by atoms with Crippen LogP contribution in [0.2, 0.25) is 0 Å². The smallest absolute Gasteiger partial charge is 0.326 e. The average molecular weight is 495 g/mol. The molecule has 1 fully saturated rings. The van der Waals surface area contributed by atoms with Crippen LogP contribution >= 0.6 is 11.3 Å². The van der Waals surface area contributed by atoms with Crippen molar-refractivity contribution in [1.82, 2.24) is 19.9 Å². The molecule has 184 valence electrons. The molecule has 0 saturated carbocycles. The third kappa shape index (κ3) is 5.31. The lowest BCUT2D eigenvalue weighted by Crippen LogP contribution is -2.44. The molecule has 0 radical (unpaired) electrons. The van der Waals surface area contributed by atoms with E-state index in [4.69, 9.17) is 4.74 Å². The highest BCUT2D eigenvalue weighted by Crippen LogP contribution is 2.35. The number of likely N-dealkylation sites (N-methyl/N-ethyl adjacent to an activating group) is 1. The lowest BCUT2D eigenvalue weighted by molar-refractivity contribution is 0.311. The van der Waals surface area contributed by atoms with Crippen molar-refractivity contribution in [3.8, 4) is 11.8 Å². The van der Waals surface area contributed by atoms with E-state index in [2.05, 4.69) is 64.0 Å². The number of allylic oxidation sites excluding steroid dienone is 1. The van der Waals surface area contributed by atoms with Gasteiger partial charge in [0.1, 0.15) is 11.6 Å². The molecule has 0 atom stereocenters. The second kappa shape index (κ2) is 9.20. The van der Waals surface area contributed by atoms with Gasteiger partial charge < -0.3 is 19.9 Å². The second-order valence-electron chi connectivity index (χ2n) is 10.3. The van der Waals surface area contributed by atoms with Crippen LogP contribution in [0.1, 0.15) is 43.7 Å². The number of piperazine rings is 1. The Morgan fingerprint density at radius 1 is 1.09 bits per heavy atom. The van der Waals surface area contributed by atoms with E-state index in [1.807, 2.05) is 19.2 Å². The Morgan fingerprint density at radius 2 is 1.86 bits per heavy atom. The summed E-state index contributed by atoms with van der Waals surface area (Å²) in [6.07, 6.45) is 4.72. The molecule has 2 aromatic heterocycles. The van der Waals surface area contributed by atoms with E-state index in [1.165, 1.54) is 10.5 Å². The van der Waals surface area contributed by atoms with Gasteiger partial charge >= 0.3 is 6.01 Å². The van der Waals surface area contributed by atoms with Gasteiger partial charge in [0.2, 0.25) is 0 Å². The molecular weight excluding hydrogens is 463 g/mol. The van der Waals surface area contributed by atoms with Gasteiger partial charge in [-0.2, -0.15) is 9.97 Å². The normalized spacial score (nSPS) is 16.3. The number of nitrogens with one attached hydrogen (secondary N) is 1. The lowest BCUT2D eigenvalue weighted by atomic mass is 9.96. The van der Waals surface area contributed by atoms with Crippen molar-refractivity contribution in [2.45, 2.75) is 39.5 Å². The standard InChI is InChI=1S/C26H31FN6OS/c1-16-10-17-12-19(27)20(13-18(17)11-16)34-24-29-22(30-25-28-15-21(35-25)26(2,3)4)14-23(31-24)33-8-6-32(5)7-9-33/h11-15H,6-10H2,1-5H3,(H,28,29,30,31). The maximum atomic E-state index is 14.9. The molecule has 1 aromatic carbocycles. The molecule has 2 aliphatic rings. The van der Waals surface area contributed by atoms with Crippen LogP contribution in [-0.2, 0) is 11.8 Å². The Morgan fingerprint density at radius 3 is 2.57 bits per heavy atom. The minimum Gasteiger partial charge on any atom is -0.421 e. The Kier molecular flexibility index (Phi) is 6.23. The first-order valence-corrected chi connectivity index (χ1v) is 12.7. The SMILES string of the molecule is CC1=Cc2cc(Oc3nc(Nc4ncc(C(C)(C)C)s4)cc(N4CCN(C)CC4)n3)c(F)cc2C1. The number of thiazole rings is 1. The predicted octanol–water partition coefficient (Wildman–Crippen LogP) is 5.62. The first kappa shape index (κ1) is 23.7. The van der Waals surface area contributed by atoms with Gasteiger partial charge in [-0.1, -0.05) is 32.4 Å². The van der Waals surface area contributed by atoms with Crippen LogP contribution in [0.5, 0.6) is 11.8 Å². The third-order valence-electron chi connectivity index (χ3n) is 6.27. The molecule has 1 N–H and O–H groups in total. The van der Waals surface area contributed by atoms with E-state index >= 15 is 0 Å². The van der Waals surface area contributed by atoms with Gasteiger partial charge in [0, 0.05) is 43.3 Å². The third-order valence-corrected chi connectivity index (χ3v) is 7.60. The van der Waals surface area contributed by atoms with E-state index in [0.717, 1.165) is 54.7 Å². The Hall–Kier alpha value is -3.04. The van der Waals surface area contributed by atoms with Gasteiger partial charge in [-0.15, -0.1) is 11.3 Å². The fourth-order valence-electron chi connectivity index (χ4n) is 4.20. The summed E-state index contributed by atoms with van der Waals surface area (Å²) in [5.41, 5.74) is 3.17. The number of halogens is 1. The number of aromatic nitrogens is 3. The molecule has 0 spiro atoms. The Bertz CT molecular complexity index is 1270. The van der Waals surface area contributed by atoms with Crippen LogP contribution in [-0.4, -0.2) is 53.1 Å². The summed E-state index contributed by atoms with van der Waals surface area (Å²) < 4.78 is 20.8. The van der Waals surface area contributed by atoms with Gasteiger partial charge in [-0.3, -0.25) is 0 Å². The number of hydrogen-bond acceptors (Lipinski definition) is 8. The Balaban J connectivity index is 1.46. The second-order valence-corrected chi connectivity index (χ2v) is 11.4. The monoisotopic (exact) mass is 494 g/mol. The maximum absolute atomic E-state index is 14.9. The van der Waals surface area contributed by atoms with Crippen molar-refractivity contribution in [3.05, 3.63) is 51.8 Å². The summed E-state index contributed by atoms with van der Waals surface area (Å²) in [6, 6.07) is 5.29. The van der Waals surface area contributed by atoms with Crippen LogP contribution in [0.3, 0.4) is 0 Å². The summed E-state index contributed by atoms with van der Waals surface area (Å²) in [5, 5.41) is 4.05. The van der Waals surface area contributed by atoms with Crippen molar-refractivity contribution in [3.63, 3.8) is 0 Å². The van der Waals surface area contributed by atoms with Crippen molar-refractivity contribution in [1.29, 1.82) is 0 Å². The molecule has 1 aliphatic heterocycles. The number of nitrogens with zero attached hydrogens (tertiary/aromatic N) is 5. The summed E-state index contributed by atoms with van der Waals surface area (Å²) in [4.78, 5) is 19.4. The minimum absolute atomic E-state index is 0.0143. The van der Waals surface area contributed by atoms with Crippen molar-refractivity contribution < 1.29 is 9.13 Å². The molecule has 7 nitrogen and oxygen atoms in total. The van der Waals surface area contributed by atoms with E-state index in [9.17, 15) is 4.39 Å². The molecule has 5 rings (SSSR count). The summed E-state index contributed by atoms with van der Waals surface area (Å²) in [7, 11) is 2.11. The number of benzene rings is 1. The van der Waals surface area contributed by atoms with Gasteiger partial charge in [0.05, 0.1) is 0 Å². The van der Waals surface area contributed by atoms with E-state index < -0.39 is 5.82 Å². The first-order chi connectivity index (χ1) is 16.6. The zero-order valence-electron chi connectivity index (χ0n) is 20.9. The van der Waals surface area contributed by atoms with Gasteiger partial charge in [0.15, 0.2) is 16.7 Å². The first-order valence-electron chi connectivity index (χ1n) is 11.9. The van der Waals surface area contributed by atoms with Crippen LogP contribution in [0, 0.1) is 5.82 Å². The molecule has 3 heterocycles. The Labute approximate surface area is 209 Å². The van der Waals surface area contributed by atoms with E-state index in [1.54, 1.807) is 23.5 Å². The van der Waals surface area contributed by atoms with Crippen molar-refractivity contribution >= 4 is 34.2 Å². The van der Waals surface area contributed by atoms with Gasteiger partial charge in [-0.05, 0) is 49.1 Å². The molecule has 0 bridgehead atoms. The molecular formula is C26H31FN6OS. The molecule has 1 saturated heterocycles.